The Bertz CT molecular complexity index is 690. The fourth-order valence-corrected chi connectivity index (χ4v) is 2.82. The van der Waals surface area contributed by atoms with E-state index in [1.807, 2.05) is 49.4 Å². The molecule has 0 radical (unpaired) electrons. The van der Waals surface area contributed by atoms with Gasteiger partial charge < -0.3 is 10.6 Å². The summed E-state index contributed by atoms with van der Waals surface area (Å²) in [6.07, 6.45) is 2.43. The summed E-state index contributed by atoms with van der Waals surface area (Å²) in [5, 5.41) is 5.42. The standard InChI is InChI=1S/C19H23N3O2S/c1-14-6-8-17(9-7-14)22-18(23)13-25-15(2)19(24)21-12-10-16-5-3-4-11-20-16/h3-9,11,15H,10,12-13H2,1-2H3,(H,21,24)(H,22,23)/t15-/m1/s1. The van der Waals surface area contributed by atoms with E-state index in [0.717, 1.165) is 16.9 Å². The van der Waals surface area contributed by atoms with Gasteiger partial charge >= 0.3 is 0 Å². The summed E-state index contributed by atoms with van der Waals surface area (Å²) in [6.45, 7) is 4.34. The number of nitrogens with one attached hydrogen (secondary N) is 2. The zero-order chi connectivity index (χ0) is 18.1. The molecule has 1 aromatic heterocycles. The smallest absolute Gasteiger partial charge is 0.234 e. The van der Waals surface area contributed by atoms with Gasteiger partial charge in [-0.2, -0.15) is 0 Å². The Kier molecular flexibility index (Phi) is 7.47. The molecule has 0 aliphatic carbocycles. The van der Waals surface area contributed by atoms with E-state index in [0.29, 0.717) is 13.0 Å². The first-order chi connectivity index (χ1) is 12.0. The fraction of sp³-hybridized carbons (Fsp3) is 0.316. The van der Waals surface area contributed by atoms with Crippen LogP contribution in [0.3, 0.4) is 0 Å². The average Bonchev–Trinajstić information content (AvgIpc) is 2.62. The van der Waals surface area contributed by atoms with Gasteiger partial charge in [-0.1, -0.05) is 23.8 Å². The highest BCUT2D eigenvalue weighted by Crippen LogP contribution is 2.13. The van der Waals surface area contributed by atoms with E-state index in [-0.39, 0.29) is 22.8 Å². The monoisotopic (exact) mass is 357 g/mol. The number of hydrogen-bond donors (Lipinski definition) is 2. The molecule has 0 saturated carbocycles. The molecule has 0 aliphatic heterocycles. The van der Waals surface area contributed by atoms with Crippen LogP contribution in [0, 0.1) is 6.92 Å². The summed E-state index contributed by atoms with van der Waals surface area (Å²) in [7, 11) is 0. The fourth-order valence-electron chi connectivity index (χ4n) is 2.11. The summed E-state index contributed by atoms with van der Waals surface area (Å²) in [6, 6.07) is 13.3. The highest BCUT2D eigenvalue weighted by Gasteiger charge is 2.15. The lowest BCUT2D eigenvalue weighted by molar-refractivity contribution is -0.120. The van der Waals surface area contributed by atoms with E-state index in [1.165, 1.54) is 11.8 Å². The maximum absolute atomic E-state index is 12.1. The lowest BCUT2D eigenvalue weighted by Gasteiger charge is -2.12. The molecule has 1 aromatic carbocycles. The molecule has 2 aromatic rings. The second-order valence-electron chi connectivity index (χ2n) is 5.73. The Morgan fingerprint density at radius 1 is 1.16 bits per heavy atom. The van der Waals surface area contributed by atoms with Crippen LogP contribution in [0.15, 0.2) is 48.7 Å². The van der Waals surface area contributed by atoms with Gasteiger partial charge in [-0.25, -0.2) is 0 Å². The summed E-state index contributed by atoms with van der Waals surface area (Å²) >= 11 is 1.32. The van der Waals surface area contributed by atoms with Crippen molar-refractivity contribution >= 4 is 29.3 Å². The number of carbonyl (C=O) groups is 2. The van der Waals surface area contributed by atoms with E-state index in [1.54, 1.807) is 13.1 Å². The normalized spacial score (nSPS) is 11.6. The van der Waals surface area contributed by atoms with Gasteiger partial charge in [0.2, 0.25) is 11.8 Å². The molecule has 6 heteroatoms. The summed E-state index contributed by atoms with van der Waals surface area (Å²) in [4.78, 5) is 28.2. The van der Waals surface area contributed by atoms with Crippen molar-refractivity contribution in [3.05, 3.63) is 59.9 Å². The molecule has 0 unspecified atom stereocenters. The lowest BCUT2D eigenvalue weighted by atomic mass is 10.2. The van der Waals surface area contributed by atoms with E-state index >= 15 is 0 Å². The SMILES string of the molecule is Cc1ccc(NC(=O)CS[C@H](C)C(=O)NCCc2ccccn2)cc1. The third-order valence-corrected chi connectivity index (χ3v) is 4.72. The van der Waals surface area contributed by atoms with Crippen molar-refractivity contribution in [1.82, 2.24) is 10.3 Å². The van der Waals surface area contributed by atoms with Gasteiger partial charge in [0.1, 0.15) is 0 Å². The first kappa shape index (κ1) is 19.0. The maximum Gasteiger partial charge on any atom is 0.234 e. The molecule has 0 aliphatic rings. The zero-order valence-electron chi connectivity index (χ0n) is 14.5. The molecule has 0 fully saturated rings. The van der Waals surface area contributed by atoms with Crippen LogP contribution in [-0.4, -0.2) is 34.3 Å². The first-order valence-corrected chi connectivity index (χ1v) is 9.25. The molecule has 0 bridgehead atoms. The van der Waals surface area contributed by atoms with Crippen LogP contribution < -0.4 is 10.6 Å². The number of benzene rings is 1. The molecule has 1 heterocycles. The van der Waals surface area contributed by atoms with Crippen molar-refractivity contribution in [2.75, 3.05) is 17.6 Å². The topological polar surface area (TPSA) is 71.1 Å². The number of aromatic nitrogens is 1. The van der Waals surface area contributed by atoms with Crippen LogP contribution in [0.2, 0.25) is 0 Å². The van der Waals surface area contributed by atoms with Crippen LogP contribution >= 0.6 is 11.8 Å². The Hall–Kier alpha value is -2.34. The molecular formula is C19H23N3O2S. The van der Waals surface area contributed by atoms with Crippen molar-refractivity contribution in [3.8, 4) is 0 Å². The Labute approximate surface area is 152 Å². The predicted octanol–water partition coefficient (Wildman–Crippen LogP) is 2.81. The number of aryl methyl sites for hydroxylation is 1. The third-order valence-electron chi connectivity index (χ3n) is 3.58. The molecule has 1 atom stereocenters. The van der Waals surface area contributed by atoms with Crippen molar-refractivity contribution in [2.45, 2.75) is 25.5 Å². The number of nitrogens with zero attached hydrogens (tertiary/aromatic N) is 1. The van der Waals surface area contributed by atoms with E-state index in [4.69, 9.17) is 0 Å². The largest absolute Gasteiger partial charge is 0.355 e. The summed E-state index contributed by atoms with van der Waals surface area (Å²) in [5.74, 6) is 0.0638. The van der Waals surface area contributed by atoms with Crippen LogP contribution in [0.5, 0.6) is 0 Å². The number of carbonyl (C=O) groups excluding carboxylic acids is 2. The average molecular weight is 357 g/mol. The van der Waals surface area contributed by atoms with Gasteiger partial charge in [-0.3, -0.25) is 14.6 Å². The maximum atomic E-state index is 12.1. The number of amides is 2. The van der Waals surface area contributed by atoms with Crippen LogP contribution in [0.1, 0.15) is 18.2 Å². The van der Waals surface area contributed by atoms with Crippen LogP contribution in [0.4, 0.5) is 5.69 Å². The predicted molar refractivity (Wildman–Crippen MR) is 103 cm³/mol. The molecule has 0 saturated heterocycles. The quantitative estimate of drug-likeness (QED) is 0.762. The Morgan fingerprint density at radius 2 is 1.92 bits per heavy atom. The lowest BCUT2D eigenvalue weighted by Crippen LogP contribution is -2.33. The van der Waals surface area contributed by atoms with Crippen LogP contribution in [0.25, 0.3) is 0 Å². The third kappa shape index (κ3) is 6.97. The van der Waals surface area contributed by atoms with Gasteiger partial charge in [0.25, 0.3) is 0 Å². The number of hydrogen-bond acceptors (Lipinski definition) is 4. The second kappa shape index (κ2) is 9.84. The van der Waals surface area contributed by atoms with E-state index in [2.05, 4.69) is 15.6 Å². The first-order valence-electron chi connectivity index (χ1n) is 8.20. The molecule has 5 nitrogen and oxygen atoms in total. The van der Waals surface area contributed by atoms with Gasteiger partial charge in [0.15, 0.2) is 0 Å². The van der Waals surface area contributed by atoms with E-state index in [9.17, 15) is 9.59 Å². The highest BCUT2D eigenvalue weighted by molar-refractivity contribution is 8.01. The van der Waals surface area contributed by atoms with Crippen molar-refractivity contribution in [1.29, 1.82) is 0 Å². The molecule has 0 spiro atoms. The van der Waals surface area contributed by atoms with Crippen LogP contribution in [-0.2, 0) is 16.0 Å². The van der Waals surface area contributed by atoms with Crippen molar-refractivity contribution in [3.63, 3.8) is 0 Å². The van der Waals surface area contributed by atoms with Crippen molar-refractivity contribution in [2.24, 2.45) is 0 Å². The summed E-state index contributed by atoms with van der Waals surface area (Å²) in [5.41, 5.74) is 2.85. The minimum absolute atomic E-state index is 0.0657. The zero-order valence-corrected chi connectivity index (χ0v) is 15.3. The number of rotatable bonds is 8. The van der Waals surface area contributed by atoms with Crippen molar-refractivity contribution < 1.29 is 9.59 Å². The molecule has 2 N–H and O–H groups in total. The highest BCUT2D eigenvalue weighted by atomic mass is 32.2. The Morgan fingerprint density at radius 3 is 2.60 bits per heavy atom. The second-order valence-corrected chi connectivity index (χ2v) is 7.06. The van der Waals surface area contributed by atoms with Gasteiger partial charge in [0, 0.05) is 30.5 Å². The molecule has 2 amide bonds. The Balaban J connectivity index is 1.66. The number of pyridine rings is 1. The minimum atomic E-state index is -0.285. The van der Waals surface area contributed by atoms with Gasteiger partial charge in [-0.05, 0) is 38.1 Å². The van der Waals surface area contributed by atoms with Gasteiger partial charge in [0.05, 0.1) is 11.0 Å². The molecule has 25 heavy (non-hydrogen) atoms. The number of anilines is 1. The molecule has 2 rings (SSSR count). The molecule has 132 valence electrons. The summed E-state index contributed by atoms with van der Waals surface area (Å²) < 4.78 is 0. The van der Waals surface area contributed by atoms with Gasteiger partial charge in [-0.15, -0.1) is 11.8 Å². The minimum Gasteiger partial charge on any atom is -0.355 e. The van der Waals surface area contributed by atoms with E-state index < -0.39 is 0 Å². The molecular weight excluding hydrogens is 334 g/mol. The number of thioether (sulfide) groups is 1.